The van der Waals surface area contributed by atoms with E-state index in [4.69, 9.17) is 27.8 Å². The molecule has 0 bridgehead atoms. The normalized spacial score (nSPS) is 37.4. The molecule has 0 amide bonds. The molecule has 1 saturated heterocycles. The average Bonchev–Trinajstić information content (AvgIpc) is 2.95. The van der Waals surface area contributed by atoms with Gasteiger partial charge in [-0.15, -0.1) is 0 Å². The van der Waals surface area contributed by atoms with Crippen molar-refractivity contribution in [2.75, 3.05) is 6.61 Å². The van der Waals surface area contributed by atoms with Crippen LogP contribution in [0, 0.1) is 0 Å². The first-order valence-corrected chi connectivity index (χ1v) is 6.34. The number of hydrogen-bond donors (Lipinski definition) is 5. The molecule has 2 unspecified atom stereocenters. The lowest BCUT2D eigenvalue weighted by Gasteiger charge is -2.37. The molecule has 0 saturated carbocycles. The maximum Gasteiger partial charge on any atom is 0.178 e. The second-order valence-electron chi connectivity index (χ2n) is 4.56. The van der Waals surface area contributed by atoms with Gasteiger partial charge in [0.1, 0.15) is 23.8 Å². The summed E-state index contributed by atoms with van der Waals surface area (Å²) in [5.74, 6) is 0.419. The number of aliphatic hydroxyl groups is 2. The SMILES string of the molecule is NC1=C2NC=NC2NC(=S)N1C1C[C@H](O)[C@@H](CO)O1. The predicted octanol–water partition coefficient (Wildman–Crippen LogP) is -2.27. The third-order valence-electron chi connectivity index (χ3n) is 3.40. The summed E-state index contributed by atoms with van der Waals surface area (Å²) < 4.78 is 5.57. The molecule has 104 valence electrons. The van der Waals surface area contributed by atoms with E-state index in [2.05, 4.69) is 15.6 Å². The van der Waals surface area contributed by atoms with E-state index in [1.54, 1.807) is 11.2 Å². The fourth-order valence-electron chi connectivity index (χ4n) is 2.41. The Morgan fingerprint density at radius 3 is 3.11 bits per heavy atom. The van der Waals surface area contributed by atoms with E-state index in [0.717, 1.165) is 0 Å². The Bertz CT molecular complexity index is 468. The van der Waals surface area contributed by atoms with E-state index in [-0.39, 0.29) is 12.8 Å². The first-order chi connectivity index (χ1) is 9.11. The van der Waals surface area contributed by atoms with Gasteiger partial charge in [0, 0.05) is 6.42 Å². The van der Waals surface area contributed by atoms with Crippen LogP contribution in [0.1, 0.15) is 6.42 Å². The maximum absolute atomic E-state index is 9.78. The zero-order chi connectivity index (χ0) is 13.6. The van der Waals surface area contributed by atoms with Crippen LogP contribution < -0.4 is 16.4 Å². The topological polar surface area (TPSA) is 115 Å². The van der Waals surface area contributed by atoms with Gasteiger partial charge in [-0.25, -0.2) is 4.99 Å². The van der Waals surface area contributed by atoms with Crippen LogP contribution in [0.25, 0.3) is 0 Å². The van der Waals surface area contributed by atoms with Crippen LogP contribution in [0.5, 0.6) is 0 Å². The highest BCUT2D eigenvalue weighted by Crippen LogP contribution is 2.28. The number of rotatable bonds is 2. The fourth-order valence-corrected chi connectivity index (χ4v) is 2.73. The Kier molecular flexibility index (Phi) is 3.05. The highest BCUT2D eigenvalue weighted by atomic mass is 32.1. The number of nitrogens with zero attached hydrogens (tertiary/aromatic N) is 2. The second kappa shape index (κ2) is 4.60. The molecule has 8 nitrogen and oxygen atoms in total. The van der Waals surface area contributed by atoms with Gasteiger partial charge in [-0.1, -0.05) is 0 Å². The van der Waals surface area contributed by atoms with Crippen molar-refractivity contribution in [2.45, 2.75) is 31.0 Å². The van der Waals surface area contributed by atoms with E-state index in [1.807, 2.05) is 0 Å². The Labute approximate surface area is 114 Å². The number of nitrogens with two attached hydrogens (primary N) is 1. The van der Waals surface area contributed by atoms with Crippen molar-refractivity contribution in [1.29, 1.82) is 0 Å². The Balaban J connectivity index is 1.85. The van der Waals surface area contributed by atoms with E-state index >= 15 is 0 Å². The Hall–Kier alpha value is -1.42. The number of nitrogens with one attached hydrogen (secondary N) is 2. The van der Waals surface area contributed by atoms with Gasteiger partial charge in [-0.05, 0) is 12.2 Å². The quantitative estimate of drug-likeness (QED) is 0.361. The Morgan fingerprint density at radius 1 is 1.63 bits per heavy atom. The minimum Gasteiger partial charge on any atom is -0.394 e. The van der Waals surface area contributed by atoms with Gasteiger partial charge in [-0.3, -0.25) is 4.90 Å². The van der Waals surface area contributed by atoms with Crippen molar-refractivity contribution in [3.8, 4) is 0 Å². The molecule has 3 aliphatic rings. The standard InChI is InChI=1S/C10H15N5O3S/c11-8-7-9(13-3-12-7)14-10(19)15(8)6-1-4(17)5(2-16)18-6/h3-6,9,16-17H,1-2,11H2,(H,12,13)(H,14,19)/t4-,5+,6?,9?/m0/s1. The van der Waals surface area contributed by atoms with Gasteiger partial charge in [0.05, 0.1) is 19.0 Å². The van der Waals surface area contributed by atoms with E-state index in [9.17, 15) is 5.11 Å². The van der Waals surface area contributed by atoms with Crippen molar-refractivity contribution in [3.05, 3.63) is 11.5 Å². The average molecular weight is 285 g/mol. The molecule has 0 aromatic heterocycles. The number of aliphatic imine (C=N–C) groups is 1. The molecule has 3 aliphatic heterocycles. The number of fused-ring (bicyclic) bond motifs is 1. The third-order valence-corrected chi connectivity index (χ3v) is 3.72. The molecule has 3 heterocycles. The van der Waals surface area contributed by atoms with Crippen LogP contribution in [0.15, 0.2) is 16.5 Å². The minimum atomic E-state index is -0.735. The number of hydrogen-bond acceptors (Lipinski definition) is 7. The van der Waals surface area contributed by atoms with Gasteiger partial charge in [-0.2, -0.15) is 0 Å². The van der Waals surface area contributed by atoms with E-state index in [0.29, 0.717) is 23.1 Å². The Morgan fingerprint density at radius 2 is 2.42 bits per heavy atom. The van der Waals surface area contributed by atoms with Crippen LogP contribution in [-0.4, -0.2) is 57.8 Å². The van der Waals surface area contributed by atoms with Crippen LogP contribution in [0.4, 0.5) is 0 Å². The maximum atomic E-state index is 9.78. The molecule has 6 N–H and O–H groups in total. The highest BCUT2D eigenvalue weighted by Gasteiger charge is 2.42. The van der Waals surface area contributed by atoms with Crippen molar-refractivity contribution in [3.63, 3.8) is 0 Å². The molecule has 0 spiro atoms. The summed E-state index contributed by atoms with van der Waals surface area (Å²) in [6.45, 7) is -0.244. The molecule has 9 heteroatoms. The summed E-state index contributed by atoms with van der Waals surface area (Å²) in [5, 5.41) is 25.2. The summed E-state index contributed by atoms with van der Waals surface area (Å²) >= 11 is 5.25. The minimum absolute atomic E-state index is 0.244. The molecular formula is C10H15N5O3S. The number of aliphatic hydroxyl groups excluding tert-OH is 2. The van der Waals surface area contributed by atoms with Crippen molar-refractivity contribution in [1.82, 2.24) is 15.5 Å². The molecule has 0 aliphatic carbocycles. The van der Waals surface area contributed by atoms with Gasteiger partial charge in [0.15, 0.2) is 11.3 Å². The molecule has 1 fully saturated rings. The number of thiocarbonyl (C=S) groups is 1. The van der Waals surface area contributed by atoms with Crippen molar-refractivity contribution < 1.29 is 14.9 Å². The first-order valence-electron chi connectivity index (χ1n) is 5.93. The fraction of sp³-hybridized carbons (Fsp3) is 0.600. The lowest BCUT2D eigenvalue weighted by atomic mass is 10.2. The molecule has 3 rings (SSSR count). The lowest BCUT2D eigenvalue weighted by Crippen LogP contribution is -2.56. The largest absolute Gasteiger partial charge is 0.394 e. The smallest absolute Gasteiger partial charge is 0.178 e. The lowest BCUT2D eigenvalue weighted by molar-refractivity contribution is -0.0524. The van der Waals surface area contributed by atoms with Gasteiger partial charge >= 0.3 is 0 Å². The van der Waals surface area contributed by atoms with Crippen LogP contribution in [-0.2, 0) is 4.74 Å². The molecular weight excluding hydrogens is 270 g/mol. The highest BCUT2D eigenvalue weighted by molar-refractivity contribution is 7.80. The summed E-state index contributed by atoms with van der Waals surface area (Å²) in [5.41, 5.74) is 6.79. The van der Waals surface area contributed by atoms with Crippen molar-refractivity contribution in [2.24, 2.45) is 10.7 Å². The third kappa shape index (κ3) is 1.94. The molecule has 0 aromatic rings. The summed E-state index contributed by atoms with van der Waals surface area (Å²) in [6.07, 6.45) is -0.261. The van der Waals surface area contributed by atoms with Crippen LogP contribution in [0.2, 0.25) is 0 Å². The summed E-state index contributed by atoms with van der Waals surface area (Å²) in [7, 11) is 0. The molecule has 0 radical (unpaired) electrons. The summed E-state index contributed by atoms with van der Waals surface area (Å²) in [6, 6.07) is 0. The molecule has 19 heavy (non-hydrogen) atoms. The zero-order valence-electron chi connectivity index (χ0n) is 9.98. The van der Waals surface area contributed by atoms with Crippen molar-refractivity contribution >= 4 is 23.7 Å². The number of ether oxygens (including phenoxy) is 1. The second-order valence-corrected chi connectivity index (χ2v) is 4.94. The molecule has 0 aromatic carbocycles. The van der Waals surface area contributed by atoms with Gasteiger partial charge in [0.25, 0.3) is 0 Å². The monoisotopic (exact) mass is 285 g/mol. The molecule has 4 atom stereocenters. The predicted molar refractivity (Wildman–Crippen MR) is 70.6 cm³/mol. The van der Waals surface area contributed by atoms with Crippen LogP contribution >= 0.6 is 12.2 Å². The zero-order valence-corrected chi connectivity index (χ0v) is 10.8. The first kappa shape index (κ1) is 12.6. The van der Waals surface area contributed by atoms with E-state index in [1.165, 1.54) is 0 Å². The van der Waals surface area contributed by atoms with Gasteiger partial charge in [0.2, 0.25) is 0 Å². The van der Waals surface area contributed by atoms with E-state index < -0.39 is 18.4 Å². The van der Waals surface area contributed by atoms with Crippen LogP contribution in [0.3, 0.4) is 0 Å². The summed E-state index contributed by atoms with van der Waals surface area (Å²) in [4.78, 5) is 5.74. The van der Waals surface area contributed by atoms with Gasteiger partial charge < -0.3 is 31.3 Å².